The molecule has 31 heavy (non-hydrogen) atoms. The third-order valence-corrected chi connectivity index (χ3v) is 6.10. The van der Waals surface area contributed by atoms with Gasteiger partial charge in [0.15, 0.2) is 5.75 Å². The summed E-state index contributed by atoms with van der Waals surface area (Å²) >= 11 is 6.27. The van der Waals surface area contributed by atoms with Gasteiger partial charge in [0.2, 0.25) is 0 Å². The number of aliphatic imine (C=N–C) groups is 2. The molecule has 0 aromatic heterocycles. The summed E-state index contributed by atoms with van der Waals surface area (Å²) in [6, 6.07) is 7.35. The Kier molecular flexibility index (Phi) is 6.39. The summed E-state index contributed by atoms with van der Waals surface area (Å²) < 4.78 is 0. The first-order valence-corrected chi connectivity index (χ1v) is 10.7. The fourth-order valence-electron chi connectivity index (χ4n) is 4.17. The zero-order valence-electron chi connectivity index (χ0n) is 17.2. The minimum Gasteiger partial charge on any atom is -0.411 e. The van der Waals surface area contributed by atoms with Crippen LogP contribution in [-0.4, -0.2) is 29.9 Å². The first-order valence-electron chi connectivity index (χ1n) is 10.3. The van der Waals surface area contributed by atoms with E-state index in [0.717, 1.165) is 31.5 Å². The number of halogens is 1. The highest BCUT2D eigenvalue weighted by molar-refractivity contribution is 6.35. The van der Waals surface area contributed by atoms with Gasteiger partial charge < -0.3 is 15.5 Å². The SMILES string of the molecule is C=C(/N=C1/C=C(Cl)C=C/C1=C(/N)N1CCC(C2C=NC=CC2)C1)c1ccccc1ON. The summed E-state index contributed by atoms with van der Waals surface area (Å²) in [4.78, 5) is 16.2. The predicted molar refractivity (Wildman–Crippen MR) is 127 cm³/mol. The van der Waals surface area contributed by atoms with E-state index in [9.17, 15) is 0 Å². The number of rotatable bonds is 5. The van der Waals surface area contributed by atoms with Crippen molar-refractivity contribution in [2.24, 2.45) is 33.5 Å². The number of hydrogen-bond acceptors (Lipinski definition) is 6. The van der Waals surface area contributed by atoms with Crippen molar-refractivity contribution in [1.29, 1.82) is 0 Å². The van der Waals surface area contributed by atoms with Crippen LogP contribution in [0.5, 0.6) is 5.75 Å². The van der Waals surface area contributed by atoms with Crippen LogP contribution >= 0.6 is 11.6 Å². The third kappa shape index (κ3) is 4.65. The van der Waals surface area contributed by atoms with Crippen LogP contribution in [0.25, 0.3) is 5.70 Å². The molecular weight excluding hydrogens is 410 g/mol. The van der Waals surface area contributed by atoms with E-state index in [1.54, 1.807) is 12.1 Å². The lowest BCUT2D eigenvalue weighted by molar-refractivity contribution is 0.333. The van der Waals surface area contributed by atoms with E-state index in [2.05, 4.69) is 28.8 Å². The highest BCUT2D eigenvalue weighted by Crippen LogP contribution is 2.31. The zero-order valence-corrected chi connectivity index (χ0v) is 18.0. The molecule has 1 aliphatic carbocycles. The molecule has 0 spiro atoms. The van der Waals surface area contributed by atoms with Crippen LogP contribution in [0.15, 0.2) is 87.8 Å². The molecule has 2 atom stereocenters. The smallest absolute Gasteiger partial charge is 0.156 e. The monoisotopic (exact) mass is 435 g/mol. The van der Waals surface area contributed by atoms with Crippen molar-refractivity contribution < 1.29 is 4.84 Å². The Bertz CT molecular complexity index is 1050. The van der Waals surface area contributed by atoms with Gasteiger partial charge in [-0.2, -0.15) is 5.90 Å². The molecule has 4 rings (SSSR count). The molecule has 6 nitrogen and oxygen atoms in total. The van der Waals surface area contributed by atoms with E-state index in [1.807, 2.05) is 36.6 Å². The summed E-state index contributed by atoms with van der Waals surface area (Å²) in [5.74, 6) is 7.58. The van der Waals surface area contributed by atoms with Crippen LogP contribution in [-0.2, 0) is 0 Å². The number of benzene rings is 1. The molecule has 3 aliphatic rings. The number of nitrogens with zero attached hydrogens (tertiary/aromatic N) is 3. The molecular formula is C24H26ClN5O. The van der Waals surface area contributed by atoms with Crippen LogP contribution in [0.3, 0.4) is 0 Å². The molecule has 0 radical (unpaired) electrons. The van der Waals surface area contributed by atoms with Crippen LogP contribution in [0.4, 0.5) is 0 Å². The minimum atomic E-state index is 0.463. The van der Waals surface area contributed by atoms with Crippen molar-refractivity contribution in [3.8, 4) is 5.75 Å². The van der Waals surface area contributed by atoms with Crippen molar-refractivity contribution in [3.63, 3.8) is 0 Å². The molecule has 2 heterocycles. The summed E-state index contributed by atoms with van der Waals surface area (Å²) in [6.07, 6.45) is 13.7. The molecule has 1 aromatic carbocycles. The molecule has 7 heteroatoms. The number of hydrogen-bond donors (Lipinski definition) is 2. The maximum atomic E-state index is 6.63. The molecule has 1 aromatic rings. The van der Waals surface area contributed by atoms with E-state index in [-0.39, 0.29) is 0 Å². The van der Waals surface area contributed by atoms with Gasteiger partial charge in [-0.1, -0.05) is 36.4 Å². The summed E-state index contributed by atoms with van der Waals surface area (Å²) in [6.45, 7) is 5.89. The van der Waals surface area contributed by atoms with E-state index >= 15 is 0 Å². The van der Waals surface area contributed by atoms with Crippen molar-refractivity contribution in [1.82, 2.24) is 4.90 Å². The number of para-hydroxylation sites is 1. The van der Waals surface area contributed by atoms with Crippen LogP contribution in [0.2, 0.25) is 0 Å². The zero-order chi connectivity index (χ0) is 21.8. The fourth-order valence-corrected chi connectivity index (χ4v) is 4.33. The van der Waals surface area contributed by atoms with Gasteiger partial charge in [0.25, 0.3) is 0 Å². The Morgan fingerprint density at radius 2 is 2.13 bits per heavy atom. The van der Waals surface area contributed by atoms with Crippen molar-refractivity contribution in [2.75, 3.05) is 13.1 Å². The van der Waals surface area contributed by atoms with Gasteiger partial charge in [0.05, 0.1) is 11.4 Å². The topological polar surface area (TPSA) is 89.2 Å². The van der Waals surface area contributed by atoms with Crippen LogP contribution in [0.1, 0.15) is 18.4 Å². The summed E-state index contributed by atoms with van der Waals surface area (Å²) in [5.41, 5.74) is 9.34. The fraction of sp³-hybridized carbons (Fsp3) is 0.250. The molecule has 2 unspecified atom stereocenters. The first-order chi connectivity index (χ1) is 15.1. The lowest BCUT2D eigenvalue weighted by Crippen LogP contribution is -2.30. The maximum absolute atomic E-state index is 6.63. The molecule has 1 fully saturated rings. The number of allylic oxidation sites excluding steroid dienone is 6. The number of likely N-dealkylation sites (tertiary alicyclic amines) is 1. The summed E-state index contributed by atoms with van der Waals surface area (Å²) in [7, 11) is 0. The van der Waals surface area contributed by atoms with Gasteiger partial charge in [0, 0.05) is 47.6 Å². The lowest BCUT2D eigenvalue weighted by Gasteiger charge is -2.24. The van der Waals surface area contributed by atoms with E-state index < -0.39 is 0 Å². The average molecular weight is 436 g/mol. The van der Waals surface area contributed by atoms with Gasteiger partial charge in [-0.3, -0.25) is 4.99 Å². The van der Waals surface area contributed by atoms with Gasteiger partial charge in [0.1, 0.15) is 5.82 Å². The maximum Gasteiger partial charge on any atom is 0.156 e. The van der Waals surface area contributed by atoms with E-state index in [1.165, 1.54) is 0 Å². The quantitative estimate of drug-likeness (QED) is 0.680. The molecule has 0 bridgehead atoms. The number of nitrogens with two attached hydrogens (primary N) is 2. The minimum absolute atomic E-state index is 0.463. The lowest BCUT2D eigenvalue weighted by atomic mass is 9.89. The van der Waals surface area contributed by atoms with Gasteiger partial charge >= 0.3 is 0 Å². The van der Waals surface area contributed by atoms with Crippen LogP contribution < -0.4 is 16.5 Å². The predicted octanol–water partition coefficient (Wildman–Crippen LogP) is 4.14. The second kappa shape index (κ2) is 9.37. The van der Waals surface area contributed by atoms with Crippen molar-refractivity contribution in [3.05, 3.63) is 83.3 Å². The Hall–Kier alpha value is -3.09. The molecule has 2 aliphatic heterocycles. The largest absolute Gasteiger partial charge is 0.411 e. The second-order valence-electron chi connectivity index (χ2n) is 7.80. The Morgan fingerprint density at radius 3 is 2.90 bits per heavy atom. The molecule has 4 N–H and O–H groups in total. The van der Waals surface area contributed by atoms with Crippen molar-refractivity contribution >= 4 is 29.2 Å². The summed E-state index contributed by atoms with van der Waals surface area (Å²) in [5, 5.41) is 0.580. The third-order valence-electron chi connectivity index (χ3n) is 5.86. The average Bonchev–Trinajstić information content (AvgIpc) is 3.30. The van der Waals surface area contributed by atoms with Gasteiger partial charge in [-0.05, 0) is 49.1 Å². The highest BCUT2D eigenvalue weighted by atomic mass is 35.5. The first kappa shape index (κ1) is 21.2. The molecule has 1 saturated heterocycles. The van der Waals surface area contributed by atoms with E-state index in [4.69, 9.17) is 33.1 Å². The van der Waals surface area contributed by atoms with Crippen LogP contribution in [0, 0.1) is 11.8 Å². The molecule has 0 amide bonds. The molecule has 160 valence electrons. The standard InChI is InChI=1S/C24H26ClN5O/c1-16(20-6-2-3-7-23(20)31-27)29-22-13-19(25)8-9-21(22)24(26)30-12-10-18(15-30)17-5-4-11-28-14-17/h2-4,6-9,11,13-14,17-18H,1,5,10,12,15,26-27H2/b24-21+,29-22-. The van der Waals surface area contributed by atoms with Gasteiger partial charge in [-0.25, -0.2) is 4.99 Å². The second-order valence-corrected chi connectivity index (χ2v) is 8.23. The molecule has 0 saturated carbocycles. The highest BCUT2D eigenvalue weighted by Gasteiger charge is 2.30. The van der Waals surface area contributed by atoms with E-state index in [0.29, 0.717) is 45.4 Å². The van der Waals surface area contributed by atoms with Crippen molar-refractivity contribution in [2.45, 2.75) is 12.8 Å². The normalized spacial score (nSPS) is 25.7. The Morgan fingerprint density at radius 1 is 1.29 bits per heavy atom. The van der Waals surface area contributed by atoms with Gasteiger partial charge in [-0.15, -0.1) is 0 Å². The Labute approximate surface area is 187 Å². The Balaban J connectivity index is 1.60.